The maximum absolute atomic E-state index is 10.7. The molecule has 106 valence electrons. The molecule has 1 rings (SSSR count). The Labute approximate surface area is 116 Å². The van der Waals surface area contributed by atoms with Gasteiger partial charge in [-0.2, -0.15) is 0 Å². The number of aliphatic carboxylic acids is 1. The summed E-state index contributed by atoms with van der Waals surface area (Å²) in [5.74, 6) is -1.01. The van der Waals surface area contributed by atoms with Gasteiger partial charge in [0.1, 0.15) is 0 Å². The number of carboxylic acids is 1. The summed E-state index contributed by atoms with van der Waals surface area (Å²) in [6.45, 7) is 11.9. The van der Waals surface area contributed by atoms with Gasteiger partial charge in [0, 0.05) is 6.54 Å². The van der Waals surface area contributed by atoms with Gasteiger partial charge >= 0.3 is 5.97 Å². The average Bonchev–Trinajstić information content (AvgIpc) is 2.35. The molecule has 1 aromatic rings. The zero-order chi connectivity index (χ0) is 14.6. The lowest BCUT2D eigenvalue weighted by Crippen LogP contribution is -2.21. The molecule has 0 saturated carbocycles. The number of rotatable bonds is 6. The van der Waals surface area contributed by atoms with Gasteiger partial charge in [-0.3, -0.25) is 4.79 Å². The smallest absolute Gasteiger partial charge is 0.306 e. The van der Waals surface area contributed by atoms with Crippen molar-refractivity contribution in [2.75, 3.05) is 6.54 Å². The Morgan fingerprint density at radius 3 is 2.21 bits per heavy atom. The van der Waals surface area contributed by atoms with Gasteiger partial charge in [0.25, 0.3) is 0 Å². The Kier molecular flexibility index (Phi) is 5.55. The topological polar surface area (TPSA) is 49.3 Å². The molecule has 0 bridgehead atoms. The minimum atomic E-state index is -0.722. The van der Waals surface area contributed by atoms with E-state index in [0.29, 0.717) is 6.42 Å². The first kappa shape index (κ1) is 15.7. The first-order valence-corrected chi connectivity index (χ1v) is 6.84. The van der Waals surface area contributed by atoms with E-state index in [1.165, 1.54) is 27.8 Å². The molecule has 1 atom stereocenters. The Morgan fingerprint density at radius 1 is 1.21 bits per heavy atom. The molecule has 0 aliphatic heterocycles. The molecule has 3 nitrogen and oxygen atoms in total. The monoisotopic (exact) mass is 263 g/mol. The molecule has 19 heavy (non-hydrogen) atoms. The molecular formula is C16H25NO2. The van der Waals surface area contributed by atoms with Crippen LogP contribution in [0.5, 0.6) is 0 Å². The molecule has 0 radical (unpaired) electrons. The van der Waals surface area contributed by atoms with E-state index < -0.39 is 5.97 Å². The van der Waals surface area contributed by atoms with Crippen LogP contribution in [0.1, 0.15) is 41.2 Å². The highest BCUT2D eigenvalue weighted by Crippen LogP contribution is 2.21. The van der Waals surface area contributed by atoms with Gasteiger partial charge < -0.3 is 10.4 Å². The van der Waals surface area contributed by atoms with Crippen LogP contribution in [0.2, 0.25) is 0 Å². The fourth-order valence-corrected chi connectivity index (χ4v) is 2.22. The Balaban J connectivity index is 2.61. The Hall–Kier alpha value is -1.35. The van der Waals surface area contributed by atoms with Gasteiger partial charge in [0.15, 0.2) is 0 Å². The Bertz CT molecular complexity index is 440. The van der Waals surface area contributed by atoms with Crippen molar-refractivity contribution in [1.82, 2.24) is 5.32 Å². The molecule has 0 saturated heterocycles. The van der Waals surface area contributed by atoms with Crippen molar-refractivity contribution in [2.24, 2.45) is 5.92 Å². The molecule has 1 unspecified atom stereocenters. The van der Waals surface area contributed by atoms with Crippen molar-refractivity contribution in [3.63, 3.8) is 0 Å². The van der Waals surface area contributed by atoms with Crippen LogP contribution in [0.3, 0.4) is 0 Å². The third-order valence-electron chi connectivity index (χ3n) is 4.00. The van der Waals surface area contributed by atoms with Crippen LogP contribution in [0.4, 0.5) is 0 Å². The summed E-state index contributed by atoms with van der Waals surface area (Å²) in [6.07, 6.45) is 0.665. The van der Waals surface area contributed by atoms with E-state index in [2.05, 4.69) is 39.1 Å². The number of carbonyl (C=O) groups is 1. The molecular weight excluding hydrogens is 238 g/mol. The number of benzene rings is 1. The molecule has 0 aliphatic rings. The van der Waals surface area contributed by atoms with Gasteiger partial charge in [-0.05, 0) is 68.5 Å². The summed E-state index contributed by atoms with van der Waals surface area (Å²) >= 11 is 0. The van der Waals surface area contributed by atoms with E-state index in [0.717, 1.165) is 13.1 Å². The van der Waals surface area contributed by atoms with Crippen molar-refractivity contribution < 1.29 is 9.90 Å². The fraction of sp³-hybridized carbons (Fsp3) is 0.562. The summed E-state index contributed by atoms with van der Waals surface area (Å²) in [4.78, 5) is 10.7. The van der Waals surface area contributed by atoms with Gasteiger partial charge in [0.2, 0.25) is 0 Å². The van der Waals surface area contributed by atoms with Gasteiger partial charge in [0.05, 0.1) is 5.92 Å². The number of hydrogen-bond donors (Lipinski definition) is 2. The third-order valence-corrected chi connectivity index (χ3v) is 4.00. The molecule has 2 N–H and O–H groups in total. The zero-order valence-electron chi connectivity index (χ0n) is 12.6. The quantitative estimate of drug-likeness (QED) is 0.775. The number of hydrogen-bond acceptors (Lipinski definition) is 2. The number of aryl methyl sites for hydroxylation is 2. The van der Waals surface area contributed by atoms with E-state index in [1.807, 2.05) is 0 Å². The van der Waals surface area contributed by atoms with Crippen LogP contribution in [0, 0.1) is 33.6 Å². The maximum atomic E-state index is 10.7. The minimum absolute atomic E-state index is 0.283. The second-order valence-electron chi connectivity index (χ2n) is 5.44. The van der Waals surface area contributed by atoms with E-state index in [9.17, 15) is 4.79 Å². The van der Waals surface area contributed by atoms with Crippen molar-refractivity contribution in [3.8, 4) is 0 Å². The van der Waals surface area contributed by atoms with Crippen molar-refractivity contribution in [3.05, 3.63) is 33.9 Å². The second kappa shape index (κ2) is 6.71. The van der Waals surface area contributed by atoms with Gasteiger partial charge in [-0.1, -0.05) is 13.0 Å². The van der Waals surface area contributed by atoms with Crippen LogP contribution in [0.15, 0.2) is 6.07 Å². The summed E-state index contributed by atoms with van der Waals surface area (Å²) in [7, 11) is 0. The van der Waals surface area contributed by atoms with Crippen LogP contribution >= 0.6 is 0 Å². The standard InChI is InChI=1S/C16H25NO2/c1-10(16(18)19)6-7-17-9-15-13(4)11(2)8-12(3)14(15)5/h8,10,17H,6-7,9H2,1-5H3,(H,18,19). The SMILES string of the molecule is Cc1cc(C)c(C)c(CNCCC(C)C(=O)O)c1C. The highest BCUT2D eigenvalue weighted by Gasteiger charge is 2.11. The Morgan fingerprint density at radius 2 is 1.74 bits per heavy atom. The zero-order valence-corrected chi connectivity index (χ0v) is 12.6. The average molecular weight is 263 g/mol. The van der Waals surface area contributed by atoms with Gasteiger partial charge in [-0.25, -0.2) is 0 Å². The molecule has 3 heteroatoms. The molecule has 0 amide bonds. The van der Waals surface area contributed by atoms with Crippen LogP contribution in [-0.2, 0) is 11.3 Å². The lowest BCUT2D eigenvalue weighted by atomic mass is 9.94. The predicted molar refractivity (Wildman–Crippen MR) is 78.5 cm³/mol. The fourth-order valence-electron chi connectivity index (χ4n) is 2.22. The molecule has 0 spiro atoms. The maximum Gasteiger partial charge on any atom is 0.306 e. The van der Waals surface area contributed by atoms with Crippen LogP contribution in [0.25, 0.3) is 0 Å². The van der Waals surface area contributed by atoms with Crippen LogP contribution in [-0.4, -0.2) is 17.6 Å². The summed E-state index contributed by atoms with van der Waals surface area (Å²) < 4.78 is 0. The predicted octanol–water partition coefficient (Wildman–Crippen LogP) is 3.12. The number of nitrogens with one attached hydrogen (secondary N) is 1. The molecule has 1 aromatic carbocycles. The highest BCUT2D eigenvalue weighted by atomic mass is 16.4. The molecule has 0 aromatic heterocycles. The third kappa shape index (κ3) is 4.06. The lowest BCUT2D eigenvalue weighted by molar-refractivity contribution is -0.141. The van der Waals surface area contributed by atoms with Crippen molar-refractivity contribution in [2.45, 2.75) is 47.6 Å². The second-order valence-corrected chi connectivity index (χ2v) is 5.44. The lowest BCUT2D eigenvalue weighted by Gasteiger charge is -2.16. The van der Waals surface area contributed by atoms with E-state index >= 15 is 0 Å². The van der Waals surface area contributed by atoms with Gasteiger partial charge in [-0.15, -0.1) is 0 Å². The molecule has 0 fully saturated rings. The van der Waals surface area contributed by atoms with E-state index in [4.69, 9.17) is 5.11 Å². The van der Waals surface area contributed by atoms with Crippen LogP contribution < -0.4 is 5.32 Å². The first-order valence-electron chi connectivity index (χ1n) is 6.84. The summed E-state index contributed by atoms with van der Waals surface area (Å²) in [5, 5.41) is 12.2. The largest absolute Gasteiger partial charge is 0.481 e. The first-order chi connectivity index (χ1) is 8.84. The molecule has 0 aliphatic carbocycles. The van der Waals surface area contributed by atoms with Crippen molar-refractivity contribution >= 4 is 5.97 Å². The van der Waals surface area contributed by atoms with E-state index in [1.54, 1.807) is 6.92 Å². The highest BCUT2D eigenvalue weighted by molar-refractivity contribution is 5.69. The minimum Gasteiger partial charge on any atom is -0.481 e. The molecule has 0 heterocycles. The van der Waals surface area contributed by atoms with Crippen molar-refractivity contribution in [1.29, 1.82) is 0 Å². The summed E-state index contributed by atoms with van der Waals surface area (Å²) in [6, 6.07) is 2.22. The normalized spacial score (nSPS) is 12.5. The summed E-state index contributed by atoms with van der Waals surface area (Å²) in [5.41, 5.74) is 6.65. The number of carboxylic acid groups (broad SMARTS) is 1. The van der Waals surface area contributed by atoms with E-state index in [-0.39, 0.29) is 5.92 Å².